The Morgan fingerprint density at radius 3 is 2.88 bits per heavy atom. The molecule has 2 aromatic rings. The molecule has 6 heteroatoms. The van der Waals surface area contributed by atoms with Gasteiger partial charge in [0, 0.05) is 0 Å². The van der Waals surface area contributed by atoms with E-state index in [9.17, 15) is 4.39 Å². The van der Waals surface area contributed by atoms with Crippen molar-refractivity contribution in [3.8, 4) is 17.1 Å². The molecule has 2 N–H and O–H groups in total. The van der Waals surface area contributed by atoms with Crippen molar-refractivity contribution in [1.29, 1.82) is 0 Å². The van der Waals surface area contributed by atoms with Gasteiger partial charge < -0.3 is 14.8 Å². The van der Waals surface area contributed by atoms with Crippen LogP contribution in [0.15, 0.2) is 22.8 Å². The highest BCUT2D eigenvalue weighted by Crippen LogP contribution is 2.30. The fourth-order valence-corrected chi connectivity index (χ4v) is 1.89. The van der Waals surface area contributed by atoms with Crippen LogP contribution < -0.4 is 4.74 Å². The van der Waals surface area contributed by atoms with Crippen molar-refractivity contribution in [1.82, 2.24) is 9.97 Å². The summed E-state index contributed by atoms with van der Waals surface area (Å²) in [5, 5.41) is 9.05. The molecule has 0 radical (unpaired) electrons. The van der Waals surface area contributed by atoms with Gasteiger partial charge in [0.25, 0.3) is 0 Å². The van der Waals surface area contributed by atoms with E-state index in [1.54, 1.807) is 0 Å². The molecule has 0 fully saturated rings. The fourth-order valence-electron chi connectivity index (χ4n) is 1.49. The number of aromatic amines is 1. The first-order valence-corrected chi connectivity index (χ1v) is 5.64. The Kier molecular flexibility index (Phi) is 3.44. The molecule has 0 atom stereocenters. The number of rotatable bonds is 3. The highest BCUT2D eigenvalue weighted by atomic mass is 79.9. The van der Waals surface area contributed by atoms with E-state index in [1.165, 1.54) is 25.3 Å². The molecule has 0 unspecified atom stereocenters. The second-order valence-corrected chi connectivity index (χ2v) is 4.11. The highest BCUT2D eigenvalue weighted by Gasteiger charge is 2.13. The van der Waals surface area contributed by atoms with Crippen molar-refractivity contribution < 1.29 is 14.2 Å². The minimum absolute atomic E-state index is 0.175. The average Bonchev–Trinajstić information content (AvgIpc) is 2.70. The number of benzene rings is 1. The molecule has 0 aliphatic rings. The van der Waals surface area contributed by atoms with Crippen LogP contribution in [0.3, 0.4) is 0 Å². The van der Waals surface area contributed by atoms with E-state index in [0.29, 0.717) is 27.4 Å². The second-order valence-electron chi connectivity index (χ2n) is 3.36. The quantitative estimate of drug-likeness (QED) is 0.915. The van der Waals surface area contributed by atoms with Gasteiger partial charge in [-0.3, -0.25) is 0 Å². The summed E-state index contributed by atoms with van der Waals surface area (Å²) in [6.07, 6.45) is 0. The third kappa shape index (κ3) is 2.32. The van der Waals surface area contributed by atoms with Crippen LogP contribution in [0.4, 0.5) is 4.39 Å². The molecule has 0 amide bonds. The number of nitrogens with one attached hydrogen (secondary N) is 1. The van der Waals surface area contributed by atoms with Crippen LogP contribution in [0.5, 0.6) is 5.75 Å². The van der Waals surface area contributed by atoms with Gasteiger partial charge in [-0.25, -0.2) is 9.37 Å². The zero-order chi connectivity index (χ0) is 12.4. The van der Waals surface area contributed by atoms with Gasteiger partial charge in [-0.1, -0.05) is 0 Å². The first-order chi connectivity index (χ1) is 8.15. The van der Waals surface area contributed by atoms with Gasteiger partial charge in [0.1, 0.15) is 22.0 Å². The number of aliphatic hydroxyl groups excluding tert-OH is 1. The number of nitrogens with zero attached hydrogens (tertiary/aromatic N) is 1. The van der Waals surface area contributed by atoms with Crippen molar-refractivity contribution >= 4 is 15.9 Å². The lowest BCUT2D eigenvalue weighted by molar-refractivity contribution is 0.276. The lowest BCUT2D eigenvalue weighted by Crippen LogP contribution is -1.91. The largest absolute Gasteiger partial charge is 0.496 e. The normalized spacial score (nSPS) is 10.6. The minimum atomic E-state index is -0.376. The Bertz CT molecular complexity index is 542. The van der Waals surface area contributed by atoms with Crippen LogP contribution in [-0.2, 0) is 6.61 Å². The van der Waals surface area contributed by atoms with Crippen LogP contribution in [0.25, 0.3) is 11.4 Å². The molecule has 1 aromatic heterocycles. The van der Waals surface area contributed by atoms with E-state index < -0.39 is 0 Å². The van der Waals surface area contributed by atoms with E-state index in [2.05, 4.69) is 25.9 Å². The average molecular weight is 301 g/mol. The van der Waals surface area contributed by atoms with Crippen LogP contribution in [0.1, 0.15) is 5.69 Å². The van der Waals surface area contributed by atoms with Crippen molar-refractivity contribution in [3.05, 3.63) is 34.3 Å². The van der Waals surface area contributed by atoms with Crippen molar-refractivity contribution in [2.75, 3.05) is 7.11 Å². The molecule has 0 spiro atoms. The minimum Gasteiger partial charge on any atom is -0.496 e. The zero-order valence-corrected chi connectivity index (χ0v) is 10.6. The predicted octanol–water partition coefficient (Wildman–Crippen LogP) is 2.48. The number of imidazole rings is 1. The number of ether oxygens (including phenoxy) is 1. The first kappa shape index (κ1) is 12.1. The molecular formula is C11H10BrFN2O2. The third-order valence-electron chi connectivity index (χ3n) is 2.30. The Morgan fingerprint density at radius 2 is 2.29 bits per heavy atom. The molecule has 4 nitrogen and oxygen atoms in total. The number of hydrogen-bond acceptors (Lipinski definition) is 3. The maximum Gasteiger partial charge on any atom is 0.142 e. The first-order valence-electron chi connectivity index (χ1n) is 4.85. The molecule has 0 saturated heterocycles. The monoisotopic (exact) mass is 300 g/mol. The topological polar surface area (TPSA) is 58.1 Å². The lowest BCUT2D eigenvalue weighted by atomic mass is 10.2. The smallest absolute Gasteiger partial charge is 0.142 e. The molecular weight excluding hydrogens is 291 g/mol. The number of methoxy groups -OCH3 is 1. The Hall–Kier alpha value is -1.40. The zero-order valence-electron chi connectivity index (χ0n) is 9.00. The van der Waals surface area contributed by atoms with Crippen LogP contribution in [-0.4, -0.2) is 22.2 Å². The van der Waals surface area contributed by atoms with Crippen LogP contribution in [0, 0.1) is 5.82 Å². The van der Waals surface area contributed by atoms with E-state index in [4.69, 9.17) is 9.84 Å². The maximum atomic E-state index is 13.2. The number of halogens is 2. The summed E-state index contributed by atoms with van der Waals surface area (Å²) >= 11 is 3.20. The van der Waals surface area contributed by atoms with E-state index in [0.717, 1.165) is 0 Å². The summed E-state index contributed by atoms with van der Waals surface area (Å²) in [6, 6.07) is 4.16. The molecule has 17 heavy (non-hydrogen) atoms. The molecule has 0 bridgehead atoms. The molecule has 0 aliphatic heterocycles. The number of hydrogen-bond donors (Lipinski definition) is 2. The third-order valence-corrected chi connectivity index (χ3v) is 2.96. The molecule has 0 aliphatic carbocycles. The Morgan fingerprint density at radius 1 is 1.53 bits per heavy atom. The molecule has 90 valence electrons. The summed E-state index contributed by atoms with van der Waals surface area (Å²) in [7, 11) is 1.50. The van der Waals surface area contributed by atoms with Crippen LogP contribution in [0.2, 0.25) is 0 Å². The summed E-state index contributed by atoms with van der Waals surface area (Å²) in [6.45, 7) is -0.175. The van der Waals surface area contributed by atoms with Crippen molar-refractivity contribution in [3.63, 3.8) is 0 Å². The summed E-state index contributed by atoms with van der Waals surface area (Å²) < 4.78 is 18.8. The van der Waals surface area contributed by atoms with Crippen molar-refractivity contribution in [2.24, 2.45) is 0 Å². The molecule has 0 saturated carbocycles. The SMILES string of the molecule is COc1ccc(F)cc1-c1nc(Br)c(CO)[nH]1. The van der Waals surface area contributed by atoms with Gasteiger partial charge in [0.05, 0.1) is 25.0 Å². The Labute approximate surface area is 106 Å². The van der Waals surface area contributed by atoms with Crippen LogP contribution >= 0.6 is 15.9 Å². The van der Waals surface area contributed by atoms with Gasteiger partial charge in [-0.2, -0.15) is 0 Å². The number of aromatic nitrogens is 2. The standard InChI is InChI=1S/C11H10BrFN2O2/c1-17-9-3-2-6(13)4-7(9)11-14-8(5-16)10(12)15-11/h2-4,16H,5H2,1H3,(H,14,15). The van der Waals surface area contributed by atoms with Gasteiger partial charge in [-0.05, 0) is 34.1 Å². The summed E-state index contributed by atoms with van der Waals surface area (Å²) in [5.41, 5.74) is 1.04. The van der Waals surface area contributed by atoms with Gasteiger partial charge >= 0.3 is 0 Å². The van der Waals surface area contributed by atoms with Crippen molar-refractivity contribution in [2.45, 2.75) is 6.61 Å². The van der Waals surface area contributed by atoms with Gasteiger partial charge in [0.2, 0.25) is 0 Å². The lowest BCUT2D eigenvalue weighted by Gasteiger charge is -2.05. The molecule has 1 heterocycles. The highest BCUT2D eigenvalue weighted by molar-refractivity contribution is 9.10. The maximum absolute atomic E-state index is 13.2. The molecule has 1 aromatic carbocycles. The summed E-state index contributed by atoms with van der Waals surface area (Å²) in [4.78, 5) is 7.05. The van der Waals surface area contributed by atoms with Gasteiger partial charge in [0.15, 0.2) is 0 Å². The predicted molar refractivity (Wildman–Crippen MR) is 64.2 cm³/mol. The second kappa shape index (κ2) is 4.85. The van der Waals surface area contributed by atoms with E-state index in [-0.39, 0.29) is 12.4 Å². The van der Waals surface area contributed by atoms with E-state index in [1.807, 2.05) is 0 Å². The van der Waals surface area contributed by atoms with E-state index >= 15 is 0 Å². The molecule has 2 rings (SSSR count). The number of H-pyrrole nitrogens is 1. The Balaban J connectivity index is 2.54. The number of aliphatic hydroxyl groups is 1. The summed E-state index contributed by atoms with van der Waals surface area (Å²) in [5.74, 6) is 0.577. The van der Waals surface area contributed by atoms with Gasteiger partial charge in [-0.15, -0.1) is 0 Å². The fraction of sp³-hybridized carbons (Fsp3) is 0.182.